The number of carbonyl (C=O) groups excluding carboxylic acids is 1. The second-order valence-corrected chi connectivity index (χ2v) is 5.71. The summed E-state index contributed by atoms with van der Waals surface area (Å²) in [5.74, 6) is -0.551. The summed E-state index contributed by atoms with van der Waals surface area (Å²) in [7, 11) is 0. The molecule has 0 fully saturated rings. The third-order valence-corrected chi connectivity index (χ3v) is 4.22. The van der Waals surface area contributed by atoms with Crippen LogP contribution in [0.4, 0.5) is 5.69 Å². The Morgan fingerprint density at radius 2 is 2.24 bits per heavy atom. The van der Waals surface area contributed by atoms with Gasteiger partial charge >= 0.3 is 5.69 Å². The Morgan fingerprint density at radius 3 is 2.81 bits per heavy atom. The summed E-state index contributed by atoms with van der Waals surface area (Å²) in [4.78, 5) is 26.9. The van der Waals surface area contributed by atoms with Crippen molar-refractivity contribution in [2.75, 3.05) is 0 Å². The first-order valence-electron chi connectivity index (χ1n) is 6.06. The molecule has 0 aliphatic rings. The summed E-state index contributed by atoms with van der Waals surface area (Å²) in [6.07, 6.45) is 0. The van der Waals surface area contributed by atoms with Crippen molar-refractivity contribution in [3.63, 3.8) is 0 Å². The fraction of sp³-hybridized carbons (Fsp3) is 0.231. The molecule has 6 nitrogen and oxygen atoms in total. The van der Waals surface area contributed by atoms with Crippen LogP contribution in [0, 0.1) is 17.0 Å². The fourth-order valence-corrected chi connectivity index (χ4v) is 2.84. The van der Waals surface area contributed by atoms with Gasteiger partial charge in [-0.3, -0.25) is 14.9 Å². The first kappa shape index (κ1) is 15.4. The van der Waals surface area contributed by atoms with Gasteiger partial charge in [0.05, 0.1) is 11.0 Å². The molecule has 0 radical (unpaired) electrons. The van der Waals surface area contributed by atoms with Gasteiger partial charge in [0.1, 0.15) is 15.6 Å². The average Bonchev–Trinajstić information content (AvgIpc) is 2.84. The van der Waals surface area contributed by atoms with Gasteiger partial charge in [0, 0.05) is 11.1 Å². The summed E-state index contributed by atoms with van der Waals surface area (Å²) in [6, 6.07) is 3.92. The standard InChI is InChI=1S/C13H12ClN3O3S/c1-7-6-21-13(15-7)8(2)16-12(18)9-4-3-5-10(14)11(9)17(19)20/h3-6,8H,1-2H3,(H,16,18). The maximum atomic E-state index is 12.2. The maximum Gasteiger partial charge on any atom is 0.300 e. The van der Waals surface area contributed by atoms with E-state index >= 15 is 0 Å². The van der Waals surface area contributed by atoms with Crippen molar-refractivity contribution < 1.29 is 9.72 Å². The van der Waals surface area contributed by atoms with Gasteiger partial charge in [-0.2, -0.15) is 0 Å². The first-order chi connectivity index (χ1) is 9.90. The van der Waals surface area contributed by atoms with Crippen molar-refractivity contribution in [1.82, 2.24) is 10.3 Å². The Morgan fingerprint density at radius 1 is 1.52 bits per heavy atom. The molecular weight excluding hydrogens is 314 g/mol. The highest BCUT2D eigenvalue weighted by Gasteiger charge is 2.25. The lowest BCUT2D eigenvalue weighted by atomic mass is 10.1. The molecule has 8 heteroatoms. The van der Waals surface area contributed by atoms with E-state index in [1.165, 1.54) is 29.5 Å². The van der Waals surface area contributed by atoms with Gasteiger partial charge in [0.2, 0.25) is 0 Å². The molecule has 1 heterocycles. The molecule has 21 heavy (non-hydrogen) atoms. The number of aromatic nitrogens is 1. The van der Waals surface area contributed by atoms with Gasteiger partial charge in [-0.05, 0) is 26.0 Å². The van der Waals surface area contributed by atoms with Crippen molar-refractivity contribution in [2.24, 2.45) is 0 Å². The maximum absolute atomic E-state index is 12.2. The monoisotopic (exact) mass is 325 g/mol. The largest absolute Gasteiger partial charge is 0.343 e. The molecule has 1 aromatic heterocycles. The fourth-order valence-electron chi connectivity index (χ4n) is 1.79. The summed E-state index contributed by atoms with van der Waals surface area (Å²) >= 11 is 7.22. The molecule has 0 spiro atoms. The second kappa shape index (κ2) is 6.19. The van der Waals surface area contributed by atoms with Crippen LogP contribution in [0.3, 0.4) is 0 Å². The van der Waals surface area contributed by atoms with E-state index in [2.05, 4.69) is 10.3 Å². The lowest BCUT2D eigenvalue weighted by Crippen LogP contribution is -2.27. The summed E-state index contributed by atoms with van der Waals surface area (Å²) in [5.41, 5.74) is 0.414. The van der Waals surface area contributed by atoms with Crippen LogP contribution in [0.25, 0.3) is 0 Å². The molecule has 1 amide bonds. The number of amides is 1. The SMILES string of the molecule is Cc1csc(C(C)NC(=O)c2cccc(Cl)c2[N+](=O)[O-])n1. The third-order valence-electron chi connectivity index (χ3n) is 2.77. The van der Waals surface area contributed by atoms with Crippen LogP contribution >= 0.6 is 22.9 Å². The Hall–Kier alpha value is -1.99. The van der Waals surface area contributed by atoms with E-state index in [9.17, 15) is 14.9 Å². The molecule has 0 saturated heterocycles. The summed E-state index contributed by atoms with van der Waals surface area (Å²) in [5, 5.41) is 16.3. The Balaban J connectivity index is 2.25. The van der Waals surface area contributed by atoms with E-state index < -0.39 is 10.8 Å². The quantitative estimate of drug-likeness (QED) is 0.688. The van der Waals surface area contributed by atoms with Crippen molar-refractivity contribution in [2.45, 2.75) is 19.9 Å². The summed E-state index contributed by atoms with van der Waals surface area (Å²) in [6.45, 7) is 3.63. The number of para-hydroxylation sites is 1. The Kier molecular flexibility index (Phi) is 4.54. The van der Waals surface area contributed by atoms with Crippen molar-refractivity contribution in [1.29, 1.82) is 0 Å². The van der Waals surface area contributed by atoms with Gasteiger partial charge < -0.3 is 5.32 Å². The molecule has 1 atom stereocenters. The molecule has 0 aliphatic heterocycles. The van der Waals surface area contributed by atoms with Crippen LogP contribution in [0.1, 0.15) is 34.0 Å². The van der Waals surface area contributed by atoms with Gasteiger partial charge in [0.25, 0.3) is 5.91 Å². The molecule has 1 unspecified atom stereocenters. The van der Waals surface area contributed by atoms with Gasteiger partial charge in [-0.15, -0.1) is 11.3 Å². The average molecular weight is 326 g/mol. The molecule has 2 rings (SSSR count). The zero-order valence-electron chi connectivity index (χ0n) is 11.3. The van der Waals surface area contributed by atoms with E-state index in [-0.39, 0.29) is 22.3 Å². The lowest BCUT2D eigenvalue weighted by molar-refractivity contribution is -0.385. The molecule has 1 aromatic carbocycles. The highest BCUT2D eigenvalue weighted by molar-refractivity contribution is 7.09. The number of nitro benzene ring substituents is 1. The number of aryl methyl sites for hydroxylation is 1. The number of nitrogens with one attached hydrogen (secondary N) is 1. The van der Waals surface area contributed by atoms with Gasteiger partial charge in [0.15, 0.2) is 0 Å². The molecular formula is C13H12ClN3O3S. The molecule has 0 bridgehead atoms. The van der Waals surface area contributed by atoms with Crippen LogP contribution in [0.15, 0.2) is 23.6 Å². The normalized spacial score (nSPS) is 12.0. The van der Waals surface area contributed by atoms with E-state index in [4.69, 9.17) is 11.6 Å². The van der Waals surface area contributed by atoms with Gasteiger partial charge in [-0.1, -0.05) is 17.7 Å². The zero-order valence-corrected chi connectivity index (χ0v) is 12.9. The number of hydrogen-bond donors (Lipinski definition) is 1. The molecule has 1 N–H and O–H groups in total. The smallest absolute Gasteiger partial charge is 0.300 e. The highest BCUT2D eigenvalue weighted by Crippen LogP contribution is 2.28. The minimum Gasteiger partial charge on any atom is -0.343 e. The summed E-state index contributed by atoms with van der Waals surface area (Å²) < 4.78 is 0. The third kappa shape index (κ3) is 3.37. The Labute approximate surface area is 129 Å². The number of hydrogen-bond acceptors (Lipinski definition) is 5. The topological polar surface area (TPSA) is 85.1 Å². The number of nitro groups is 1. The van der Waals surface area contributed by atoms with Crippen LogP contribution < -0.4 is 5.32 Å². The van der Waals surface area contributed by atoms with E-state index in [0.29, 0.717) is 0 Å². The molecule has 2 aromatic rings. The minimum absolute atomic E-state index is 0.0624. The highest BCUT2D eigenvalue weighted by atomic mass is 35.5. The minimum atomic E-state index is -0.657. The Bertz CT molecular complexity index is 702. The van der Waals surface area contributed by atoms with Gasteiger partial charge in [-0.25, -0.2) is 4.98 Å². The number of thiazole rings is 1. The molecule has 110 valence electrons. The van der Waals surface area contributed by atoms with Crippen LogP contribution in [-0.4, -0.2) is 15.8 Å². The predicted molar refractivity (Wildman–Crippen MR) is 80.8 cm³/mol. The van der Waals surface area contributed by atoms with Crippen molar-refractivity contribution in [3.05, 3.63) is 55.0 Å². The van der Waals surface area contributed by atoms with Crippen molar-refractivity contribution in [3.8, 4) is 0 Å². The number of carbonyl (C=O) groups is 1. The van der Waals surface area contributed by atoms with Crippen LogP contribution in [0.2, 0.25) is 5.02 Å². The van der Waals surface area contributed by atoms with E-state index in [0.717, 1.165) is 10.7 Å². The first-order valence-corrected chi connectivity index (χ1v) is 7.31. The second-order valence-electron chi connectivity index (χ2n) is 4.42. The van der Waals surface area contributed by atoms with Crippen LogP contribution in [0.5, 0.6) is 0 Å². The number of benzene rings is 1. The zero-order chi connectivity index (χ0) is 15.6. The number of halogens is 1. The number of rotatable bonds is 4. The predicted octanol–water partition coefficient (Wildman–Crippen LogP) is 3.50. The van der Waals surface area contributed by atoms with E-state index in [1.807, 2.05) is 12.3 Å². The lowest BCUT2D eigenvalue weighted by Gasteiger charge is -2.11. The van der Waals surface area contributed by atoms with Crippen LogP contribution in [-0.2, 0) is 0 Å². The molecule has 0 aliphatic carbocycles. The molecule has 0 saturated carbocycles. The van der Waals surface area contributed by atoms with Crippen molar-refractivity contribution >= 4 is 34.5 Å². The number of nitrogens with zero attached hydrogens (tertiary/aromatic N) is 2. The van der Waals surface area contributed by atoms with E-state index in [1.54, 1.807) is 6.92 Å².